The van der Waals surface area contributed by atoms with Crippen LogP contribution in [0, 0.1) is 0 Å². The lowest BCUT2D eigenvalue weighted by Crippen LogP contribution is -2.29. The van der Waals surface area contributed by atoms with E-state index in [0.717, 1.165) is 26.1 Å². The normalized spacial score (nSPS) is 15.6. The number of likely N-dealkylation sites (tertiary alicyclic amines) is 1. The highest BCUT2D eigenvalue weighted by Crippen LogP contribution is 2.07. The van der Waals surface area contributed by atoms with Gasteiger partial charge in [-0.25, -0.2) is 9.78 Å². The van der Waals surface area contributed by atoms with Crippen molar-refractivity contribution in [2.24, 2.45) is 0 Å². The Hall–Kier alpha value is -1.89. The number of H-pyrrole nitrogens is 1. The van der Waals surface area contributed by atoms with Gasteiger partial charge in [-0.05, 0) is 38.9 Å². The highest BCUT2D eigenvalue weighted by Gasteiger charge is 2.19. The maximum Gasteiger partial charge on any atom is 0.354 e. The number of hydrogen-bond donors (Lipinski definition) is 3. The van der Waals surface area contributed by atoms with Crippen molar-refractivity contribution in [1.29, 1.82) is 0 Å². The van der Waals surface area contributed by atoms with Crippen molar-refractivity contribution in [2.45, 2.75) is 19.3 Å². The van der Waals surface area contributed by atoms with Crippen LogP contribution in [0.1, 0.15) is 40.2 Å². The minimum Gasteiger partial charge on any atom is -0.477 e. The molecule has 0 radical (unpaired) electrons. The molecule has 2 rings (SSSR count). The van der Waals surface area contributed by atoms with Crippen molar-refractivity contribution in [3.05, 3.63) is 17.7 Å². The number of carboxylic acids is 1. The van der Waals surface area contributed by atoms with Gasteiger partial charge < -0.3 is 20.3 Å². The Balaban J connectivity index is 1.74. The summed E-state index contributed by atoms with van der Waals surface area (Å²) in [5, 5.41) is 11.6. The number of nitrogens with one attached hydrogen (secondary N) is 2. The maximum atomic E-state index is 11.8. The molecule has 104 valence electrons. The molecule has 7 heteroatoms. The minimum atomic E-state index is -1.18. The van der Waals surface area contributed by atoms with Crippen molar-refractivity contribution in [2.75, 3.05) is 26.2 Å². The predicted octanol–water partition coefficient (Wildman–Crippen LogP) is 0.324. The van der Waals surface area contributed by atoms with Crippen LogP contribution < -0.4 is 5.32 Å². The Morgan fingerprint density at radius 2 is 2.16 bits per heavy atom. The Morgan fingerprint density at radius 1 is 1.42 bits per heavy atom. The molecule has 0 aliphatic carbocycles. The monoisotopic (exact) mass is 266 g/mol. The van der Waals surface area contributed by atoms with E-state index >= 15 is 0 Å². The molecule has 1 amide bonds. The number of carbonyl (C=O) groups is 2. The van der Waals surface area contributed by atoms with E-state index in [9.17, 15) is 9.59 Å². The van der Waals surface area contributed by atoms with Gasteiger partial charge in [0.2, 0.25) is 0 Å². The molecule has 1 saturated heterocycles. The predicted molar refractivity (Wildman–Crippen MR) is 68.2 cm³/mol. The first kappa shape index (κ1) is 13.5. The van der Waals surface area contributed by atoms with E-state index in [0.29, 0.717) is 6.54 Å². The van der Waals surface area contributed by atoms with Crippen LogP contribution in [-0.2, 0) is 0 Å². The van der Waals surface area contributed by atoms with Gasteiger partial charge in [0.05, 0.1) is 6.33 Å². The molecule has 1 fully saturated rings. The third-order valence-electron chi connectivity index (χ3n) is 3.20. The molecule has 0 bridgehead atoms. The van der Waals surface area contributed by atoms with Crippen molar-refractivity contribution in [3.8, 4) is 0 Å². The van der Waals surface area contributed by atoms with Crippen LogP contribution in [-0.4, -0.2) is 58.0 Å². The second kappa shape index (κ2) is 6.33. The van der Waals surface area contributed by atoms with Crippen LogP contribution in [0.5, 0.6) is 0 Å². The number of amides is 1. The molecule has 1 aromatic heterocycles. The number of aromatic carboxylic acids is 1. The van der Waals surface area contributed by atoms with E-state index in [1.54, 1.807) is 0 Å². The molecular formula is C12H18N4O3. The largest absolute Gasteiger partial charge is 0.477 e. The van der Waals surface area contributed by atoms with Crippen LogP contribution in [0.15, 0.2) is 6.33 Å². The first-order valence-corrected chi connectivity index (χ1v) is 6.45. The van der Waals surface area contributed by atoms with Crippen molar-refractivity contribution in [3.63, 3.8) is 0 Å². The number of hydrogen-bond acceptors (Lipinski definition) is 4. The topological polar surface area (TPSA) is 98.3 Å². The van der Waals surface area contributed by atoms with Gasteiger partial charge in [-0.2, -0.15) is 0 Å². The fraction of sp³-hybridized carbons (Fsp3) is 0.583. The number of aromatic amines is 1. The van der Waals surface area contributed by atoms with Gasteiger partial charge in [-0.1, -0.05) is 0 Å². The molecule has 7 nitrogen and oxygen atoms in total. The minimum absolute atomic E-state index is 0.0614. The Morgan fingerprint density at radius 3 is 2.84 bits per heavy atom. The van der Waals surface area contributed by atoms with Gasteiger partial charge in [-0.3, -0.25) is 4.79 Å². The number of carbonyl (C=O) groups excluding carboxylic acids is 1. The van der Waals surface area contributed by atoms with Crippen molar-refractivity contribution >= 4 is 11.9 Å². The lowest BCUT2D eigenvalue weighted by molar-refractivity contribution is 0.0685. The van der Waals surface area contributed by atoms with Gasteiger partial charge in [-0.15, -0.1) is 0 Å². The summed E-state index contributed by atoms with van der Waals surface area (Å²) in [6.45, 7) is 3.76. The van der Waals surface area contributed by atoms with E-state index in [1.165, 1.54) is 19.2 Å². The fourth-order valence-corrected chi connectivity index (χ4v) is 2.22. The van der Waals surface area contributed by atoms with Gasteiger partial charge in [0, 0.05) is 6.54 Å². The van der Waals surface area contributed by atoms with Gasteiger partial charge in [0.1, 0.15) is 0 Å². The van der Waals surface area contributed by atoms with Crippen LogP contribution >= 0.6 is 0 Å². The molecule has 19 heavy (non-hydrogen) atoms. The first-order chi connectivity index (χ1) is 9.18. The smallest absolute Gasteiger partial charge is 0.354 e. The number of aromatic nitrogens is 2. The lowest BCUT2D eigenvalue weighted by Gasteiger charge is -2.14. The molecule has 1 aliphatic rings. The third kappa shape index (κ3) is 3.54. The average molecular weight is 266 g/mol. The van der Waals surface area contributed by atoms with Crippen LogP contribution in [0.3, 0.4) is 0 Å². The summed E-state index contributed by atoms with van der Waals surface area (Å²) in [5.41, 5.74) is -0.231. The Labute approximate surface area is 111 Å². The molecule has 0 aromatic carbocycles. The van der Waals surface area contributed by atoms with Crippen molar-refractivity contribution in [1.82, 2.24) is 20.2 Å². The second-order valence-electron chi connectivity index (χ2n) is 4.59. The third-order valence-corrected chi connectivity index (χ3v) is 3.20. The summed E-state index contributed by atoms with van der Waals surface area (Å²) in [6, 6.07) is 0. The average Bonchev–Trinajstić information content (AvgIpc) is 3.04. The van der Waals surface area contributed by atoms with E-state index in [1.807, 2.05) is 0 Å². The molecule has 0 unspecified atom stereocenters. The zero-order valence-corrected chi connectivity index (χ0v) is 10.7. The van der Waals surface area contributed by atoms with E-state index in [4.69, 9.17) is 5.11 Å². The summed E-state index contributed by atoms with van der Waals surface area (Å²) in [4.78, 5) is 31.1. The molecule has 1 aliphatic heterocycles. The number of carboxylic acid groups (broad SMARTS) is 1. The van der Waals surface area contributed by atoms with Gasteiger partial charge in [0.15, 0.2) is 11.4 Å². The van der Waals surface area contributed by atoms with Crippen LogP contribution in [0.4, 0.5) is 0 Å². The fourth-order valence-electron chi connectivity index (χ4n) is 2.22. The second-order valence-corrected chi connectivity index (χ2v) is 4.59. The summed E-state index contributed by atoms with van der Waals surface area (Å²) in [6.07, 6.45) is 4.57. The molecule has 2 heterocycles. The first-order valence-electron chi connectivity index (χ1n) is 6.45. The number of rotatable bonds is 6. The van der Waals surface area contributed by atoms with E-state index in [-0.39, 0.29) is 11.4 Å². The molecule has 0 spiro atoms. The Kier molecular flexibility index (Phi) is 4.51. The summed E-state index contributed by atoms with van der Waals surface area (Å²) >= 11 is 0. The zero-order chi connectivity index (χ0) is 13.7. The van der Waals surface area contributed by atoms with E-state index < -0.39 is 11.9 Å². The highest BCUT2D eigenvalue weighted by atomic mass is 16.4. The van der Waals surface area contributed by atoms with Crippen LogP contribution in [0.25, 0.3) is 0 Å². The molecular weight excluding hydrogens is 248 g/mol. The molecule has 1 aromatic rings. The zero-order valence-electron chi connectivity index (χ0n) is 10.7. The summed E-state index contributed by atoms with van der Waals surface area (Å²) in [7, 11) is 0. The summed E-state index contributed by atoms with van der Waals surface area (Å²) < 4.78 is 0. The SMILES string of the molecule is O=C(NCCCN1CCCC1)c1nc[nH]c1C(=O)O. The van der Waals surface area contributed by atoms with Gasteiger partial charge >= 0.3 is 5.97 Å². The maximum absolute atomic E-state index is 11.8. The molecule has 0 atom stereocenters. The van der Waals surface area contributed by atoms with E-state index in [2.05, 4.69) is 20.2 Å². The van der Waals surface area contributed by atoms with Crippen LogP contribution in [0.2, 0.25) is 0 Å². The summed E-state index contributed by atoms with van der Waals surface area (Å²) in [5.74, 6) is -1.63. The quantitative estimate of drug-likeness (QED) is 0.644. The Bertz CT molecular complexity index is 452. The number of imidazole rings is 1. The molecule has 3 N–H and O–H groups in total. The highest BCUT2D eigenvalue weighted by molar-refractivity contribution is 6.02. The molecule has 0 saturated carbocycles. The lowest BCUT2D eigenvalue weighted by atomic mass is 10.3. The van der Waals surface area contributed by atoms with Gasteiger partial charge in [0.25, 0.3) is 5.91 Å². The van der Waals surface area contributed by atoms with Crippen molar-refractivity contribution < 1.29 is 14.7 Å². The standard InChI is InChI=1S/C12H18N4O3/c17-11(9-10(12(18)19)15-8-14-9)13-4-3-7-16-5-1-2-6-16/h8H,1-7H2,(H,13,17)(H,14,15)(H,18,19). The number of nitrogens with zero attached hydrogens (tertiary/aromatic N) is 2.